The van der Waals surface area contributed by atoms with Gasteiger partial charge in [0.25, 0.3) is 0 Å². The lowest BCUT2D eigenvalue weighted by Gasteiger charge is -2.41. The van der Waals surface area contributed by atoms with Gasteiger partial charge in [0, 0.05) is 6.42 Å². The van der Waals surface area contributed by atoms with Crippen molar-refractivity contribution in [2.45, 2.75) is 202 Å². The van der Waals surface area contributed by atoms with Gasteiger partial charge >= 0.3 is 18.0 Å². The summed E-state index contributed by atoms with van der Waals surface area (Å²) in [6.45, 7) is 3.10. The maximum absolute atomic E-state index is 13.3. The minimum absolute atomic E-state index is 0.256. The second-order valence-corrected chi connectivity index (χ2v) is 16.3. The lowest BCUT2D eigenvalue weighted by molar-refractivity contribution is -0.258. The molecule has 1 aliphatic heterocycles. The van der Waals surface area contributed by atoms with Gasteiger partial charge in [-0.3, -0.25) is 9.59 Å². The Morgan fingerprint density at radius 1 is 0.745 bits per heavy atom. The predicted octanol–water partition coefficient (Wildman–Crippen LogP) is 8.36. The van der Waals surface area contributed by atoms with E-state index in [0.29, 0.717) is 12.8 Å². The van der Waals surface area contributed by atoms with E-state index < -0.39 is 65.8 Å². The molecule has 1 fully saturated rings. The topological polar surface area (TPSA) is 161 Å². The minimum Gasteiger partial charge on any atom is -0.462 e. The first kappa shape index (κ1) is 47.9. The SMILES string of the molecule is CCCCCCCCCCCCCC(=O)O[C@H](CCCCCCCCCCC)CC(=O)O[C@H]1[C@H](O)[C@@H](CO)O[C@H](O)[C@@H]1NC(=O)OCC(Cl)(Cl)Cl. The van der Waals surface area contributed by atoms with Crippen LogP contribution in [0.4, 0.5) is 4.79 Å². The van der Waals surface area contributed by atoms with Crippen LogP contribution in [0.5, 0.6) is 0 Å². The molecule has 0 spiro atoms. The molecule has 51 heavy (non-hydrogen) atoms. The molecular formula is C37H66Cl3NO10. The number of halogens is 3. The van der Waals surface area contributed by atoms with Crippen LogP contribution in [0.25, 0.3) is 0 Å². The van der Waals surface area contributed by atoms with Gasteiger partial charge in [0.1, 0.15) is 31.0 Å². The quantitative estimate of drug-likeness (QED) is 0.0251. The predicted molar refractivity (Wildman–Crippen MR) is 200 cm³/mol. The number of hydrogen-bond donors (Lipinski definition) is 4. The van der Waals surface area contributed by atoms with Gasteiger partial charge in [-0.05, 0) is 19.3 Å². The van der Waals surface area contributed by atoms with Crippen molar-refractivity contribution in [2.75, 3.05) is 13.2 Å². The summed E-state index contributed by atoms with van der Waals surface area (Å²) in [5, 5.41) is 33.3. The third kappa shape index (κ3) is 24.0. The van der Waals surface area contributed by atoms with Gasteiger partial charge in [-0.15, -0.1) is 0 Å². The van der Waals surface area contributed by atoms with Crippen molar-refractivity contribution in [3.05, 3.63) is 0 Å². The molecule has 1 saturated heterocycles. The number of alkyl carbamates (subject to hydrolysis) is 1. The van der Waals surface area contributed by atoms with Crippen molar-refractivity contribution in [2.24, 2.45) is 0 Å². The summed E-state index contributed by atoms with van der Waals surface area (Å²) in [4.78, 5) is 38.5. The average Bonchev–Trinajstić information content (AvgIpc) is 3.08. The molecule has 1 amide bonds. The first-order valence-corrected chi connectivity index (χ1v) is 20.6. The molecule has 0 bridgehead atoms. The Balaban J connectivity index is 2.74. The first-order chi connectivity index (χ1) is 24.4. The van der Waals surface area contributed by atoms with Crippen molar-refractivity contribution >= 4 is 52.8 Å². The highest BCUT2D eigenvalue weighted by atomic mass is 35.6. The molecular weight excluding hydrogens is 725 g/mol. The summed E-state index contributed by atoms with van der Waals surface area (Å²) < 4.78 is 19.5. The molecule has 1 aliphatic rings. The molecule has 1 heterocycles. The molecule has 11 nitrogen and oxygen atoms in total. The molecule has 0 radical (unpaired) electrons. The normalized spacial score (nSPS) is 21.2. The van der Waals surface area contributed by atoms with Crippen molar-refractivity contribution in [3.63, 3.8) is 0 Å². The number of carbonyl (C=O) groups excluding carboxylic acids is 3. The highest BCUT2D eigenvalue weighted by molar-refractivity contribution is 6.67. The van der Waals surface area contributed by atoms with E-state index in [1.54, 1.807) is 0 Å². The van der Waals surface area contributed by atoms with E-state index in [1.807, 2.05) is 0 Å². The number of amides is 1. The van der Waals surface area contributed by atoms with Crippen molar-refractivity contribution in [1.82, 2.24) is 5.32 Å². The van der Waals surface area contributed by atoms with Crippen LogP contribution >= 0.6 is 34.8 Å². The van der Waals surface area contributed by atoms with E-state index in [-0.39, 0.29) is 18.8 Å². The van der Waals surface area contributed by atoms with Gasteiger partial charge in [0.05, 0.1) is 13.0 Å². The number of carbonyl (C=O) groups is 3. The number of ether oxygens (including phenoxy) is 4. The maximum atomic E-state index is 13.3. The van der Waals surface area contributed by atoms with Crippen LogP contribution in [0.1, 0.15) is 162 Å². The van der Waals surface area contributed by atoms with E-state index in [1.165, 1.54) is 77.0 Å². The van der Waals surface area contributed by atoms with E-state index in [2.05, 4.69) is 19.2 Å². The molecule has 6 atom stereocenters. The van der Waals surface area contributed by atoms with Crippen LogP contribution in [0.2, 0.25) is 0 Å². The summed E-state index contributed by atoms with van der Waals surface area (Å²) in [6, 6.07) is -1.49. The average molecular weight is 791 g/mol. The van der Waals surface area contributed by atoms with Crippen LogP contribution in [0.15, 0.2) is 0 Å². The van der Waals surface area contributed by atoms with Crippen molar-refractivity contribution in [3.8, 4) is 0 Å². The zero-order chi connectivity index (χ0) is 37.9. The number of rotatable bonds is 29. The zero-order valence-corrected chi connectivity index (χ0v) is 33.2. The third-order valence-electron chi connectivity index (χ3n) is 9.10. The molecule has 14 heteroatoms. The fourth-order valence-electron chi connectivity index (χ4n) is 6.15. The Hall–Kier alpha value is -1.08. The Morgan fingerprint density at radius 3 is 1.73 bits per heavy atom. The van der Waals surface area contributed by atoms with Gasteiger partial charge in [-0.1, -0.05) is 164 Å². The van der Waals surface area contributed by atoms with E-state index >= 15 is 0 Å². The van der Waals surface area contributed by atoms with Crippen LogP contribution in [0.3, 0.4) is 0 Å². The smallest absolute Gasteiger partial charge is 0.407 e. The molecule has 0 aromatic carbocycles. The lowest BCUT2D eigenvalue weighted by atomic mass is 9.96. The van der Waals surface area contributed by atoms with E-state index in [0.717, 1.165) is 44.9 Å². The Kier molecular flexibility index (Phi) is 27.5. The highest BCUT2D eigenvalue weighted by Gasteiger charge is 2.48. The Labute approximate surface area is 321 Å². The van der Waals surface area contributed by atoms with Gasteiger partial charge < -0.3 is 39.6 Å². The summed E-state index contributed by atoms with van der Waals surface area (Å²) in [7, 11) is 0. The number of esters is 2. The number of aliphatic hydroxyl groups is 3. The maximum Gasteiger partial charge on any atom is 0.407 e. The number of nitrogens with one attached hydrogen (secondary N) is 1. The third-order valence-corrected chi connectivity index (χ3v) is 9.43. The molecule has 0 aromatic rings. The standard InChI is InChI=1S/C37H66Cl3NO10/c1-3-5-7-9-11-13-14-16-18-20-22-24-30(43)49-28(23-21-19-17-15-12-10-8-6-4-2)25-31(44)51-34-32(35(46)50-29(26-42)33(34)45)41-36(47)48-27-37(38,39)40/h28-29,32-35,42,45-46H,3-27H2,1-2H3,(H,41,47)/t28-,29-,32-,33-,34-,35+/m1/s1. The van der Waals surface area contributed by atoms with Crippen LogP contribution in [-0.2, 0) is 28.5 Å². The first-order valence-electron chi connectivity index (χ1n) is 19.4. The summed E-state index contributed by atoms with van der Waals surface area (Å²) >= 11 is 16.9. The minimum atomic E-state index is -1.90. The number of aliphatic hydroxyl groups excluding tert-OH is 3. The van der Waals surface area contributed by atoms with Crippen LogP contribution in [-0.4, -0.2) is 87.1 Å². The van der Waals surface area contributed by atoms with Crippen molar-refractivity contribution < 1.29 is 48.7 Å². The van der Waals surface area contributed by atoms with E-state index in [9.17, 15) is 29.7 Å². The van der Waals surface area contributed by atoms with E-state index in [4.69, 9.17) is 53.8 Å². The fourth-order valence-corrected chi connectivity index (χ4v) is 6.32. The van der Waals surface area contributed by atoms with Crippen LogP contribution < -0.4 is 5.32 Å². The molecule has 0 unspecified atom stereocenters. The van der Waals surface area contributed by atoms with Gasteiger partial charge in [0.15, 0.2) is 12.4 Å². The number of unbranched alkanes of at least 4 members (excludes halogenated alkanes) is 18. The number of hydrogen-bond acceptors (Lipinski definition) is 10. The second kappa shape index (κ2) is 29.3. The molecule has 300 valence electrons. The molecule has 4 N–H and O–H groups in total. The van der Waals surface area contributed by atoms with Gasteiger partial charge in [-0.2, -0.15) is 0 Å². The summed E-state index contributed by atoms with van der Waals surface area (Å²) in [5.74, 6) is -1.20. The largest absolute Gasteiger partial charge is 0.462 e. The summed E-state index contributed by atoms with van der Waals surface area (Å²) in [5.41, 5.74) is 0. The summed E-state index contributed by atoms with van der Waals surface area (Å²) in [6.07, 6.45) is 15.0. The van der Waals surface area contributed by atoms with Gasteiger partial charge in [-0.25, -0.2) is 4.79 Å². The monoisotopic (exact) mass is 789 g/mol. The molecule has 1 rings (SSSR count). The van der Waals surface area contributed by atoms with Crippen molar-refractivity contribution in [1.29, 1.82) is 0 Å². The second-order valence-electron chi connectivity index (χ2n) is 13.8. The lowest BCUT2D eigenvalue weighted by Crippen LogP contribution is -2.65. The molecule has 0 saturated carbocycles. The highest BCUT2D eigenvalue weighted by Crippen LogP contribution is 2.27. The van der Waals surface area contributed by atoms with Gasteiger partial charge in [0.2, 0.25) is 3.79 Å². The molecule has 0 aromatic heterocycles. The fraction of sp³-hybridized carbons (Fsp3) is 0.919. The van der Waals surface area contributed by atoms with Crippen LogP contribution in [0, 0.1) is 0 Å². The zero-order valence-electron chi connectivity index (χ0n) is 31.0. The molecule has 0 aliphatic carbocycles. The Bertz CT molecular complexity index is 926. The number of alkyl halides is 3. The Morgan fingerprint density at radius 2 is 1.24 bits per heavy atom.